The lowest BCUT2D eigenvalue weighted by Crippen LogP contribution is -2.14. The van der Waals surface area contributed by atoms with E-state index in [2.05, 4.69) is 33.2 Å². The predicted molar refractivity (Wildman–Crippen MR) is 92.8 cm³/mol. The van der Waals surface area contributed by atoms with E-state index in [-0.39, 0.29) is 5.91 Å². The number of hydrogen-bond donors (Lipinski definition) is 2. The van der Waals surface area contributed by atoms with Crippen molar-refractivity contribution in [3.8, 4) is 0 Å². The molecule has 20 heavy (non-hydrogen) atoms. The second-order valence-corrected chi connectivity index (χ2v) is 6.03. The van der Waals surface area contributed by atoms with Crippen LogP contribution in [0.5, 0.6) is 0 Å². The first kappa shape index (κ1) is 15.1. The van der Waals surface area contributed by atoms with Crippen LogP contribution in [0, 0.1) is 10.5 Å². The van der Waals surface area contributed by atoms with E-state index in [0.717, 1.165) is 14.8 Å². The van der Waals surface area contributed by atoms with Crippen LogP contribution in [0.4, 0.5) is 11.4 Å². The van der Waals surface area contributed by atoms with Crippen LogP contribution in [-0.4, -0.2) is 13.0 Å². The summed E-state index contributed by atoms with van der Waals surface area (Å²) in [5, 5.41) is 6.39. The third kappa shape index (κ3) is 3.43. The minimum Gasteiger partial charge on any atom is -0.387 e. The fraction of sp³-hybridized carbons (Fsp3) is 0.133. The molecule has 0 fully saturated rings. The molecule has 0 heterocycles. The van der Waals surface area contributed by atoms with Crippen LogP contribution in [0.2, 0.25) is 5.02 Å². The molecule has 0 bridgehead atoms. The van der Waals surface area contributed by atoms with E-state index in [0.29, 0.717) is 16.3 Å². The van der Waals surface area contributed by atoms with Gasteiger partial charge in [0.1, 0.15) is 0 Å². The molecule has 0 aliphatic carbocycles. The summed E-state index contributed by atoms with van der Waals surface area (Å²) in [6.07, 6.45) is 0. The van der Waals surface area contributed by atoms with E-state index in [1.807, 2.05) is 37.3 Å². The number of amides is 1. The predicted octanol–water partition coefficient (Wildman–Crippen LogP) is 4.55. The molecular weight excluding hydrogens is 387 g/mol. The number of aryl methyl sites for hydroxylation is 1. The minimum atomic E-state index is -0.179. The zero-order valence-corrected chi connectivity index (χ0v) is 14.0. The van der Waals surface area contributed by atoms with Gasteiger partial charge >= 0.3 is 0 Å². The second-order valence-electron chi connectivity index (χ2n) is 4.38. The second kappa shape index (κ2) is 6.45. The van der Waals surface area contributed by atoms with Gasteiger partial charge in [-0.05, 0) is 59.8 Å². The van der Waals surface area contributed by atoms with Gasteiger partial charge in [0, 0.05) is 16.3 Å². The van der Waals surface area contributed by atoms with Crippen molar-refractivity contribution in [1.29, 1.82) is 0 Å². The van der Waals surface area contributed by atoms with Crippen LogP contribution in [-0.2, 0) is 0 Å². The van der Waals surface area contributed by atoms with Gasteiger partial charge in [0.05, 0.1) is 16.3 Å². The van der Waals surface area contributed by atoms with E-state index < -0.39 is 0 Å². The number of carbonyl (C=O) groups is 1. The van der Waals surface area contributed by atoms with Crippen molar-refractivity contribution in [3.05, 3.63) is 56.1 Å². The van der Waals surface area contributed by atoms with E-state index >= 15 is 0 Å². The molecule has 0 aliphatic heterocycles. The molecule has 0 saturated heterocycles. The molecule has 0 aliphatic rings. The molecule has 0 radical (unpaired) electrons. The fourth-order valence-electron chi connectivity index (χ4n) is 1.84. The number of benzene rings is 2. The molecule has 0 aromatic heterocycles. The van der Waals surface area contributed by atoms with Gasteiger partial charge in [-0.1, -0.05) is 23.2 Å². The van der Waals surface area contributed by atoms with E-state index in [1.54, 1.807) is 13.1 Å². The molecule has 5 heteroatoms. The Morgan fingerprint density at radius 1 is 1.15 bits per heavy atom. The minimum absolute atomic E-state index is 0.179. The Morgan fingerprint density at radius 3 is 2.50 bits per heavy atom. The summed E-state index contributed by atoms with van der Waals surface area (Å²) >= 11 is 8.31. The molecule has 2 N–H and O–H groups in total. The molecule has 2 rings (SSSR count). The van der Waals surface area contributed by atoms with E-state index in [9.17, 15) is 4.79 Å². The van der Waals surface area contributed by atoms with Crippen molar-refractivity contribution in [2.75, 3.05) is 17.7 Å². The van der Waals surface area contributed by atoms with Crippen molar-refractivity contribution in [2.24, 2.45) is 0 Å². The highest BCUT2D eigenvalue weighted by Gasteiger charge is 2.12. The normalized spacial score (nSPS) is 10.2. The van der Waals surface area contributed by atoms with Crippen molar-refractivity contribution in [2.45, 2.75) is 6.92 Å². The van der Waals surface area contributed by atoms with Gasteiger partial charge in [0.15, 0.2) is 0 Å². The third-order valence-electron chi connectivity index (χ3n) is 2.87. The van der Waals surface area contributed by atoms with Crippen molar-refractivity contribution in [1.82, 2.24) is 0 Å². The third-order valence-corrected chi connectivity index (χ3v) is 3.85. The Bertz CT molecular complexity index is 658. The lowest BCUT2D eigenvalue weighted by molar-refractivity contribution is 0.102. The van der Waals surface area contributed by atoms with Crippen LogP contribution in [0.1, 0.15) is 15.9 Å². The van der Waals surface area contributed by atoms with Gasteiger partial charge in [0.25, 0.3) is 5.91 Å². The molecule has 1 amide bonds. The summed E-state index contributed by atoms with van der Waals surface area (Å²) in [5.41, 5.74) is 3.03. The van der Waals surface area contributed by atoms with Crippen molar-refractivity contribution >= 4 is 51.5 Å². The van der Waals surface area contributed by atoms with Gasteiger partial charge in [-0.3, -0.25) is 4.79 Å². The molecule has 0 spiro atoms. The standard InChI is InChI=1S/C15H14ClIN2O/c1-9-3-5-13(18-2)11(7-9)15(20)19-14-6-4-10(17)8-12(14)16/h3-8,18H,1-2H3,(H,19,20). The van der Waals surface area contributed by atoms with Gasteiger partial charge < -0.3 is 10.6 Å². The first-order chi connectivity index (χ1) is 9.51. The van der Waals surface area contributed by atoms with E-state index in [1.165, 1.54) is 0 Å². The molecule has 104 valence electrons. The van der Waals surface area contributed by atoms with Crippen molar-refractivity contribution in [3.63, 3.8) is 0 Å². The fourth-order valence-corrected chi connectivity index (χ4v) is 2.75. The van der Waals surface area contributed by atoms with Crippen LogP contribution in [0.3, 0.4) is 0 Å². The molecule has 0 unspecified atom stereocenters. The highest BCUT2D eigenvalue weighted by molar-refractivity contribution is 14.1. The zero-order chi connectivity index (χ0) is 14.7. The number of halogens is 2. The molecule has 2 aromatic rings. The quantitative estimate of drug-likeness (QED) is 0.742. The number of nitrogens with one attached hydrogen (secondary N) is 2. The lowest BCUT2D eigenvalue weighted by atomic mass is 10.1. The van der Waals surface area contributed by atoms with Gasteiger partial charge in [0.2, 0.25) is 0 Å². The topological polar surface area (TPSA) is 41.1 Å². The first-order valence-electron chi connectivity index (χ1n) is 6.06. The molecule has 3 nitrogen and oxygen atoms in total. The van der Waals surface area contributed by atoms with Gasteiger partial charge in [-0.25, -0.2) is 0 Å². The monoisotopic (exact) mass is 400 g/mol. The number of hydrogen-bond acceptors (Lipinski definition) is 2. The Labute approximate surface area is 136 Å². The Morgan fingerprint density at radius 2 is 1.85 bits per heavy atom. The summed E-state index contributed by atoms with van der Waals surface area (Å²) in [7, 11) is 1.79. The number of carbonyl (C=O) groups excluding carboxylic acids is 1. The Balaban J connectivity index is 2.30. The molecule has 0 saturated carbocycles. The average molecular weight is 401 g/mol. The lowest BCUT2D eigenvalue weighted by Gasteiger charge is -2.12. The summed E-state index contributed by atoms with van der Waals surface area (Å²) in [5.74, 6) is -0.179. The van der Waals surface area contributed by atoms with Crippen LogP contribution >= 0.6 is 34.2 Å². The molecule has 2 aromatic carbocycles. The maximum atomic E-state index is 12.4. The van der Waals surface area contributed by atoms with Crippen molar-refractivity contribution < 1.29 is 4.79 Å². The van der Waals surface area contributed by atoms with Crippen LogP contribution in [0.15, 0.2) is 36.4 Å². The van der Waals surface area contributed by atoms with Crippen LogP contribution < -0.4 is 10.6 Å². The Kier molecular flexibility index (Phi) is 4.88. The number of rotatable bonds is 3. The highest BCUT2D eigenvalue weighted by atomic mass is 127. The first-order valence-corrected chi connectivity index (χ1v) is 7.51. The van der Waals surface area contributed by atoms with E-state index in [4.69, 9.17) is 11.6 Å². The maximum absolute atomic E-state index is 12.4. The van der Waals surface area contributed by atoms with Crippen LogP contribution in [0.25, 0.3) is 0 Å². The molecule has 0 atom stereocenters. The number of anilines is 2. The SMILES string of the molecule is CNc1ccc(C)cc1C(=O)Nc1ccc(I)cc1Cl. The Hall–Kier alpha value is -1.27. The summed E-state index contributed by atoms with van der Waals surface area (Å²) in [6, 6.07) is 11.2. The summed E-state index contributed by atoms with van der Waals surface area (Å²) < 4.78 is 1.03. The van der Waals surface area contributed by atoms with Gasteiger partial charge in [-0.15, -0.1) is 0 Å². The average Bonchev–Trinajstić information content (AvgIpc) is 2.41. The largest absolute Gasteiger partial charge is 0.387 e. The molecular formula is C15H14ClIN2O. The zero-order valence-electron chi connectivity index (χ0n) is 11.1. The summed E-state index contributed by atoms with van der Waals surface area (Å²) in [4.78, 5) is 12.4. The smallest absolute Gasteiger partial charge is 0.257 e. The highest BCUT2D eigenvalue weighted by Crippen LogP contribution is 2.25. The maximum Gasteiger partial charge on any atom is 0.257 e. The summed E-state index contributed by atoms with van der Waals surface area (Å²) in [6.45, 7) is 1.95. The van der Waals surface area contributed by atoms with Gasteiger partial charge in [-0.2, -0.15) is 0 Å².